The second kappa shape index (κ2) is 7.12. The first-order valence-corrected chi connectivity index (χ1v) is 10.2. The van der Waals surface area contributed by atoms with E-state index in [-0.39, 0.29) is 6.10 Å². The molecule has 2 aromatic heterocycles. The molecular weight excluding hydrogens is 346 g/mol. The number of nitrogens with zero attached hydrogens (tertiary/aromatic N) is 2. The molecule has 5 rings (SSSR count). The smallest absolute Gasteiger partial charge is 0.163 e. The quantitative estimate of drug-likeness (QED) is 0.721. The Morgan fingerprint density at radius 3 is 3.00 bits per heavy atom. The van der Waals surface area contributed by atoms with Crippen LogP contribution in [0.25, 0.3) is 21.0 Å². The first kappa shape index (κ1) is 16.4. The van der Waals surface area contributed by atoms with Gasteiger partial charge in [-0.2, -0.15) is 0 Å². The van der Waals surface area contributed by atoms with Gasteiger partial charge in [0.2, 0.25) is 0 Å². The Labute approximate surface area is 157 Å². The zero-order chi connectivity index (χ0) is 17.3. The maximum atomic E-state index is 5.99. The van der Waals surface area contributed by atoms with E-state index in [1.807, 2.05) is 30.3 Å². The van der Waals surface area contributed by atoms with Crippen LogP contribution in [0.5, 0.6) is 0 Å². The number of hydrogen-bond donors (Lipinski definition) is 1. The molecule has 1 aliphatic carbocycles. The summed E-state index contributed by atoms with van der Waals surface area (Å²) in [6.45, 7) is 4.57. The minimum atomic E-state index is 0.281. The molecular formula is C20H23N3O2S. The fourth-order valence-corrected chi connectivity index (χ4v) is 4.49. The minimum absolute atomic E-state index is 0.281. The first-order chi connectivity index (χ1) is 12.8. The van der Waals surface area contributed by atoms with E-state index in [9.17, 15) is 0 Å². The van der Waals surface area contributed by atoms with Crippen LogP contribution in [-0.4, -0.2) is 48.3 Å². The summed E-state index contributed by atoms with van der Waals surface area (Å²) in [5, 5.41) is 4.42. The van der Waals surface area contributed by atoms with E-state index in [1.165, 1.54) is 17.5 Å². The monoisotopic (exact) mass is 369 g/mol. The lowest BCUT2D eigenvalue weighted by atomic mass is 10.2. The summed E-state index contributed by atoms with van der Waals surface area (Å²) in [6, 6.07) is 13.1. The average Bonchev–Trinajstić information content (AvgIpc) is 3.26. The number of hydrogen-bond acceptors (Lipinski definition) is 6. The van der Waals surface area contributed by atoms with E-state index >= 15 is 0 Å². The van der Waals surface area contributed by atoms with Gasteiger partial charge in [0, 0.05) is 25.7 Å². The van der Waals surface area contributed by atoms with Gasteiger partial charge in [0.15, 0.2) is 10.8 Å². The van der Waals surface area contributed by atoms with E-state index in [2.05, 4.69) is 21.3 Å². The number of ether oxygens (including phenoxy) is 1. The SMILES string of the molecule is c1ccc2sc(-c3ccc(CNCC4CN(C5CC5)CCO4)o3)nc2c1. The van der Waals surface area contributed by atoms with Crippen molar-refractivity contribution < 1.29 is 9.15 Å². The molecule has 1 N–H and O–H groups in total. The highest BCUT2D eigenvalue weighted by atomic mass is 32.1. The highest BCUT2D eigenvalue weighted by Gasteiger charge is 2.32. The molecule has 0 amide bonds. The maximum Gasteiger partial charge on any atom is 0.163 e. The molecule has 3 aromatic rings. The second-order valence-electron chi connectivity index (χ2n) is 7.10. The van der Waals surface area contributed by atoms with Gasteiger partial charge in [0.25, 0.3) is 0 Å². The summed E-state index contributed by atoms with van der Waals surface area (Å²) in [5.41, 5.74) is 1.03. The third kappa shape index (κ3) is 3.55. The van der Waals surface area contributed by atoms with Gasteiger partial charge in [-0.15, -0.1) is 11.3 Å². The summed E-state index contributed by atoms with van der Waals surface area (Å²) in [4.78, 5) is 7.24. The van der Waals surface area contributed by atoms with Crippen molar-refractivity contribution >= 4 is 21.6 Å². The van der Waals surface area contributed by atoms with Crippen LogP contribution in [-0.2, 0) is 11.3 Å². The lowest BCUT2D eigenvalue weighted by Gasteiger charge is -2.33. The molecule has 3 heterocycles. The average molecular weight is 369 g/mol. The molecule has 0 radical (unpaired) electrons. The molecule has 1 unspecified atom stereocenters. The van der Waals surface area contributed by atoms with Gasteiger partial charge in [0.1, 0.15) is 5.76 Å². The van der Waals surface area contributed by atoms with Gasteiger partial charge in [-0.3, -0.25) is 4.90 Å². The number of benzene rings is 1. The van der Waals surface area contributed by atoms with Crippen molar-refractivity contribution in [3.63, 3.8) is 0 Å². The van der Waals surface area contributed by atoms with Crippen LogP contribution in [0.3, 0.4) is 0 Å². The fraction of sp³-hybridized carbons (Fsp3) is 0.450. The zero-order valence-electron chi connectivity index (χ0n) is 14.7. The number of fused-ring (bicyclic) bond motifs is 1. The highest BCUT2D eigenvalue weighted by molar-refractivity contribution is 7.21. The highest BCUT2D eigenvalue weighted by Crippen LogP contribution is 2.31. The van der Waals surface area contributed by atoms with Crippen LogP contribution >= 0.6 is 11.3 Å². The van der Waals surface area contributed by atoms with Gasteiger partial charge in [0.05, 0.1) is 29.5 Å². The number of furan rings is 1. The number of thiazole rings is 1. The summed E-state index contributed by atoms with van der Waals surface area (Å²) in [5.74, 6) is 1.78. The standard InChI is InChI=1S/C20H23N3O2S/c1-2-4-19-17(3-1)22-20(26-19)18-8-7-15(25-18)11-21-12-16-13-23(9-10-24-16)14-5-6-14/h1-4,7-8,14,16,21H,5-6,9-13H2. The van der Waals surface area contributed by atoms with Crippen LogP contribution in [0.2, 0.25) is 0 Å². The molecule has 2 aliphatic rings. The Morgan fingerprint density at radius 2 is 2.12 bits per heavy atom. The van der Waals surface area contributed by atoms with Crippen molar-refractivity contribution in [3.05, 3.63) is 42.2 Å². The van der Waals surface area contributed by atoms with E-state index in [4.69, 9.17) is 9.15 Å². The molecule has 1 saturated carbocycles. The summed E-state index contributed by atoms with van der Waals surface area (Å²) >= 11 is 1.67. The van der Waals surface area contributed by atoms with Gasteiger partial charge in [-0.25, -0.2) is 4.98 Å². The van der Waals surface area contributed by atoms with Crippen molar-refractivity contribution in [2.24, 2.45) is 0 Å². The normalized spacial score (nSPS) is 21.5. The number of morpholine rings is 1. The van der Waals surface area contributed by atoms with Gasteiger partial charge >= 0.3 is 0 Å². The van der Waals surface area contributed by atoms with Gasteiger partial charge in [-0.05, 0) is 37.1 Å². The second-order valence-corrected chi connectivity index (χ2v) is 8.13. The van der Waals surface area contributed by atoms with Crippen LogP contribution in [0.4, 0.5) is 0 Å². The first-order valence-electron chi connectivity index (χ1n) is 9.36. The molecule has 6 heteroatoms. The predicted molar refractivity (Wildman–Crippen MR) is 103 cm³/mol. The van der Waals surface area contributed by atoms with Crippen molar-refractivity contribution in [2.75, 3.05) is 26.2 Å². The Hall–Kier alpha value is -1.73. The minimum Gasteiger partial charge on any atom is -0.457 e. The third-order valence-corrected chi connectivity index (χ3v) is 6.12. The van der Waals surface area contributed by atoms with Crippen molar-refractivity contribution in [3.8, 4) is 10.8 Å². The van der Waals surface area contributed by atoms with E-state index in [1.54, 1.807) is 11.3 Å². The Bertz CT molecular complexity index is 853. The molecule has 0 bridgehead atoms. The third-order valence-electron chi connectivity index (χ3n) is 5.07. The number of rotatable bonds is 6. The molecule has 1 atom stereocenters. The maximum absolute atomic E-state index is 5.99. The molecule has 2 fully saturated rings. The van der Waals surface area contributed by atoms with Gasteiger partial charge in [-0.1, -0.05) is 12.1 Å². The summed E-state index contributed by atoms with van der Waals surface area (Å²) < 4.78 is 13.1. The Morgan fingerprint density at radius 1 is 1.19 bits per heavy atom. The van der Waals surface area contributed by atoms with Crippen LogP contribution in [0, 0.1) is 0 Å². The molecule has 1 aliphatic heterocycles. The fourth-order valence-electron chi connectivity index (χ4n) is 3.56. The van der Waals surface area contributed by atoms with Gasteiger partial charge < -0.3 is 14.5 Å². The largest absolute Gasteiger partial charge is 0.457 e. The lowest BCUT2D eigenvalue weighted by Crippen LogP contribution is -2.47. The Balaban J connectivity index is 1.17. The van der Waals surface area contributed by atoms with Crippen molar-refractivity contribution in [1.29, 1.82) is 0 Å². The molecule has 1 aromatic carbocycles. The number of aromatic nitrogens is 1. The molecule has 1 saturated heterocycles. The Kier molecular flexibility index (Phi) is 4.50. The predicted octanol–water partition coefficient (Wildman–Crippen LogP) is 3.51. The summed E-state index contributed by atoms with van der Waals surface area (Å²) in [7, 11) is 0. The van der Waals surface area contributed by atoms with E-state index < -0.39 is 0 Å². The number of para-hydroxylation sites is 1. The van der Waals surface area contributed by atoms with E-state index in [0.29, 0.717) is 6.54 Å². The van der Waals surface area contributed by atoms with Crippen molar-refractivity contribution in [1.82, 2.24) is 15.2 Å². The zero-order valence-corrected chi connectivity index (χ0v) is 15.5. The topological polar surface area (TPSA) is 50.5 Å². The molecule has 136 valence electrons. The molecule has 0 spiro atoms. The molecule has 5 nitrogen and oxygen atoms in total. The van der Waals surface area contributed by atoms with Crippen LogP contribution < -0.4 is 5.32 Å². The summed E-state index contributed by atoms with van der Waals surface area (Å²) in [6.07, 6.45) is 3.00. The van der Waals surface area contributed by atoms with Crippen molar-refractivity contribution in [2.45, 2.75) is 31.5 Å². The lowest BCUT2D eigenvalue weighted by molar-refractivity contribution is -0.0302. The van der Waals surface area contributed by atoms with E-state index in [0.717, 1.165) is 54.3 Å². The molecule has 26 heavy (non-hydrogen) atoms. The van der Waals surface area contributed by atoms with Crippen LogP contribution in [0.1, 0.15) is 18.6 Å². The van der Waals surface area contributed by atoms with Crippen LogP contribution in [0.15, 0.2) is 40.8 Å². The number of nitrogens with one attached hydrogen (secondary N) is 1.